The van der Waals surface area contributed by atoms with Crippen molar-refractivity contribution in [2.24, 2.45) is 0 Å². The Labute approximate surface area is 122 Å². The van der Waals surface area contributed by atoms with Gasteiger partial charge in [0.25, 0.3) is 0 Å². The highest BCUT2D eigenvalue weighted by Crippen LogP contribution is 2.03. The Morgan fingerprint density at radius 1 is 1.00 bits per heavy atom. The van der Waals surface area contributed by atoms with E-state index in [1.807, 2.05) is 66.7 Å². The van der Waals surface area contributed by atoms with Gasteiger partial charge >= 0.3 is 0 Å². The number of hydrogen-bond acceptors (Lipinski definition) is 3. The molecule has 100 valence electrons. The van der Waals surface area contributed by atoms with Crippen LogP contribution in [0.1, 0.15) is 5.56 Å². The summed E-state index contributed by atoms with van der Waals surface area (Å²) >= 11 is 4.93. The summed E-state index contributed by atoms with van der Waals surface area (Å²) in [7, 11) is 0. The lowest BCUT2D eigenvalue weighted by molar-refractivity contribution is 0.786. The predicted molar refractivity (Wildman–Crippen MR) is 83.1 cm³/mol. The first-order chi connectivity index (χ1) is 9.81. The number of para-hydroxylation sites is 1. The molecule has 0 radical (unpaired) electrons. The lowest BCUT2D eigenvalue weighted by Gasteiger charge is -1.97. The second-order valence-corrected chi connectivity index (χ2v) is 4.23. The molecule has 1 N–H and O–H groups in total. The lowest BCUT2D eigenvalue weighted by Crippen LogP contribution is -1.95. The molecule has 0 saturated carbocycles. The molecule has 3 rings (SSSR count). The van der Waals surface area contributed by atoms with Crippen molar-refractivity contribution in [2.75, 3.05) is 0 Å². The third-order valence-electron chi connectivity index (χ3n) is 2.52. The van der Waals surface area contributed by atoms with Gasteiger partial charge in [0.15, 0.2) is 0 Å². The molecule has 3 aromatic rings. The van der Waals surface area contributed by atoms with Crippen molar-refractivity contribution in [3.63, 3.8) is 0 Å². The van der Waals surface area contributed by atoms with Crippen molar-refractivity contribution in [1.82, 2.24) is 20.2 Å². The lowest BCUT2D eigenvalue weighted by atomic mass is 10.2. The van der Waals surface area contributed by atoms with E-state index in [-0.39, 0.29) is 0 Å². The van der Waals surface area contributed by atoms with Crippen molar-refractivity contribution in [3.05, 3.63) is 77.6 Å². The van der Waals surface area contributed by atoms with Crippen LogP contribution in [0.3, 0.4) is 0 Å². The fraction of sp³-hybridized carbons (Fsp3) is 0. The number of aromatic nitrogens is 4. The monoisotopic (exact) mass is 282 g/mol. The molecule has 0 bridgehead atoms. The molecular formula is C15H14N4S. The Hall–Kier alpha value is -2.53. The minimum Gasteiger partial charge on any atom is -0.210 e. The first kappa shape index (κ1) is 13.9. The van der Waals surface area contributed by atoms with Gasteiger partial charge in [-0.25, -0.2) is 4.68 Å². The van der Waals surface area contributed by atoms with Crippen LogP contribution in [-0.2, 0) is 0 Å². The minimum atomic E-state index is 0.432. The van der Waals surface area contributed by atoms with E-state index in [2.05, 4.69) is 22.1 Å². The standard InChI is InChI=1S/C8H8.C7H6N4S/c1-2-8-6-4-3-5-7-8;12-7-8-9-10-11(7)6-4-2-1-3-5-6/h2-7H,1H2;1-5H,(H,8,10,12). The van der Waals surface area contributed by atoms with E-state index < -0.39 is 0 Å². The van der Waals surface area contributed by atoms with E-state index in [4.69, 9.17) is 12.2 Å². The van der Waals surface area contributed by atoms with Crippen molar-refractivity contribution in [3.8, 4) is 5.69 Å². The third-order valence-corrected chi connectivity index (χ3v) is 2.79. The molecule has 0 fully saturated rings. The summed E-state index contributed by atoms with van der Waals surface area (Å²) in [4.78, 5) is 0. The summed E-state index contributed by atoms with van der Waals surface area (Å²) in [5, 5.41) is 9.92. The molecular weight excluding hydrogens is 268 g/mol. The van der Waals surface area contributed by atoms with Gasteiger partial charge in [-0.3, -0.25) is 0 Å². The van der Waals surface area contributed by atoms with E-state index in [1.54, 1.807) is 4.68 Å². The van der Waals surface area contributed by atoms with Crippen molar-refractivity contribution < 1.29 is 0 Å². The first-order valence-corrected chi connectivity index (χ1v) is 6.45. The summed E-state index contributed by atoms with van der Waals surface area (Å²) in [6, 6.07) is 19.7. The molecule has 0 aliphatic carbocycles. The second kappa shape index (κ2) is 7.16. The van der Waals surface area contributed by atoms with Crippen LogP contribution in [0.2, 0.25) is 0 Å². The van der Waals surface area contributed by atoms with Gasteiger partial charge in [-0.05, 0) is 29.9 Å². The zero-order chi connectivity index (χ0) is 14.2. The summed E-state index contributed by atoms with van der Waals surface area (Å²) < 4.78 is 2.07. The third kappa shape index (κ3) is 3.73. The number of nitrogens with one attached hydrogen (secondary N) is 1. The maximum absolute atomic E-state index is 4.93. The van der Waals surface area contributed by atoms with Gasteiger partial charge in [0.05, 0.1) is 5.69 Å². The molecule has 0 aliphatic heterocycles. The van der Waals surface area contributed by atoms with Gasteiger partial charge in [-0.1, -0.05) is 71.5 Å². The summed E-state index contributed by atoms with van der Waals surface area (Å²) in [6.45, 7) is 3.63. The topological polar surface area (TPSA) is 46.5 Å². The highest BCUT2D eigenvalue weighted by molar-refractivity contribution is 7.71. The fourth-order valence-electron chi connectivity index (χ4n) is 1.53. The van der Waals surface area contributed by atoms with Crippen LogP contribution in [0.4, 0.5) is 0 Å². The zero-order valence-corrected chi connectivity index (χ0v) is 11.6. The quantitative estimate of drug-likeness (QED) is 0.730. The van der Waals surface area contributed by atoms with Gasteiger partial charge in [-0.15, -0.1) is 0 Å². The Bertz CT molecular complexity index is 701. The summed E-state index contributed by atoms with van der Waals surface area (Å²) in [6.07, 6.45) is 1.83. The Morgan fingerprint density at radius 3 is 2.05 bits per heavy atom. The number of aromatic amines is 1. The fourth-order valence-corrected chi connectivity index (χ4v) is 1.72. The number of hydrogen-bond donors (Lipinski definition) is 1. The molecule has 0 unspecified atom stereocenters. The van der Waals surface area contributed by atoms with Gasteiger partial charge in [0.2, 0.25) is 4.77 Å². The van der Waals surface area contributed by atoms with E-state index in [0.717, 1.165) is 5.69 Å². The predicted octanol–water partition coefficient (Wildman–Crippen LogP) is 3.65. The van der Waals surface area contributed by atoms with Crippen LogP contribution in [0.5, 0.6) is 0 Å². The highest BCUT2D eigenvalue weighted by atomic mass is 32.1. The minimum absolute atomic E-state index is 0.432. The maximum atomic E-state index is 4.93. The van der Waals surface area contributed by atoms with Gasteiger partial charge in [0, 0.05) is 0 Å². The normalized spacial score (nSPS) is 9.40. The molecule has 20 heavy (non-hydrogen) atoms. The van der Waals surface area contributed by atoms with E-state index in [0.29, 0.717) is 4.77 Å². The van der Waals surface area contributed by atoms with E-state index in [9.17, 15) is 0 Å². The zero-order valence-electron chi connectivity index (χ0n) is 10.8. The molecule has 2 aromatic carbocycles. The molecule has 5 heteroatoms. The number of benzene rings is 2. The van der Waals surface area contributed by atoms with Gasteiger partial charge in [0.1, 0.15) is 0 Å². The van der Waals surface area contributed by atoms with Crippen LogP contribution in [-0.4, -0.2) is 20.2 Å². The van der Waals surface area contributed by atoms with Crippen LogP contribution < -0.4 is 0 Å². The molecule has 0 saturated heterocycles. The van der Waals surface area contributed by atoms with Crippen molar-refractivity contribution in [1.29, 1.82) is 0 Å². The molecule has 0 amide bonds. The smallest absolute Gasteiger partial charge is 0.210 e. The number of rotatable bonds is 2. The van der Waals surface area contributed by atoms with Crippen LogP contribution in [0.15, 0.2) is 67.2 Å². The Morgan fingerprint density at radius 2 is 1.60 bits per heavy atom. The van der Waals surface area contributed by atoms with Gasteiger partial charge < -0.3 is 0 Å². The Balaban J connectivity index is 0.000000160. The number of tetrazole rings is 1. The molecule has 4 nitrogen and oxygen atoms in total. The summed E-state index contributed by atoms with van der Waals surface area (Å²) in [5.74, 6) is 0. The molecule has 0 atom stereocenters. The van der Waals surface area contributed by atoms with Crippen molar-refractivity contribution >= 4 is 18.3 Å². The maximum Gasteiger partial charge on any atom is 0.242 e. The average Bonchev–Trinajstić information content (AvgIpc) is 2.96. The van der Waals surface area contributed by atoms with E-state index in [1.165, 1.54) is 5.56 Å². The SMILES string of the molecule is C=Cc1ccccc1.S=c1nn[nH]n1-c1ccccc1. The summed E-state index contributed by atoms with van der Waals surface area (Å²) in [5.41, 5.74) is 2.11. The second-order valence-electron chi connectivity index (χ2n) is 3.87. The van der Waals surface area contributed by atoms with E-state index >= 15 is 0 Å². The molecule has 1 aromatic heterocycles. The average molecular weight is 282 g/mol. The van der Waals surface area contributed by atoms with Gasteiger partial charge in [-0.2, -0.15) is 5.21 Å². The molecule has 0 aliphatic rings. The molecule has 0 spiro atoms. The number of nitrogens with zero attached hydrogens (tertiary/aromatic N) is 3. The van der Waals surface area contributed by atoms with Crippen LogP contribution in [0, 0.1) is 4.77 Å². The number of H-pyrrole nitrogens is 1. The van der Waals surface area contributed by atoms with Crippen molar-refractivity contribution in [2.45, 2.75) is 0 Å². The highest BCUT2D eigenvalue weighted by Gasteiger charge is 1.95. The molecule has 1 heterocycles. The van der Waals surface area contributed by atoms with Crippen LogP contribution in [0.25, 0.3) is 11.8 Å². The first-order valence-electron chi connectivity index (χ1n) is 6.04. The largest absolute Gasteiger partial charge is 0.242 e. The Kier molecular flexibility index (Phi) is 4.97. The van der Waals surface area contributed by atoms with Crippen LogP contribution >= 0.6 is 12.2 Å².